The molecule has 0 fully saturated rings. The Hall–Kier alpha value is -2.50. The van der Waals surface area contributed by atoms with Crippen molar-refractivity contribution in [2.45, 2.75) is 27.7 Å². The van der Waals surface area contributed by atoms with Crippen molar-refractivity contribution in [1.82, 2.24) is 0 Å². The van der Waals surface area contributed by atoms with Gasteiger partial charge in [-0.05, 0) is 64.1 Å². The van der Waals surface area contributed by atoms with E-state index in [0.29, 0.717) is 33.6 Å². The van der Waals surface area contributed by atoms with Crippen molar-refractivity contribution < 1.29 is 9.53 Å². The van der Waals surface area contributed by atoms with Crippen LogP contribution >= 0.6 is 23.2 Å². The van der Waals surface area contributed by atoms with E-state index >= 15 is 0 Å². The Labute approximate surface area is 187 Å². The number of benzene rings is 2. The first-order chi connectivity index (χ1) is 14.4. The second kappa shape index (κ2) is 9.54. The van der Waals surface area contributed by atoms with Crippen LogP contribution in [0.1, 0.15) is 33.3 Å². The average Bonchev–Trinajstić information content (AvgIpc) is 3.01. The molecule has 1 heterocycles. The molecule has 0 saturated carbocycles. The molecular formula is C23H25Cl2N3O2. The summed E-state index contributed by atoms with van der Waals surface area (Å²) in [5.41, 5.74) is 3.63. The van der Waals surface area contributed by atoms with E-state index in [9.17, 15) is 4.79 Å². The summed E-state index contributed by atoms with van der Waals surface area (Å²) in [7, 11) is 0. The van der Waals surface area contributed by atoms with Gasteiger partial charge in [-0.25, -0.2) is 0 Å². The Morgan fingerprint density at radius 3 is 2.43 bits per heavy atom. The Bertz CT molecular complexity index is 1010. The SMILES string of the molecule is CCOc1cc(N(CC)CC)ccc1C=C1C(=O)N(c2ccc(Cl)c(Cl)c2)N=C1C. The van der Waals surface area contributed by atoms with Crippen LogP contribution in [0, 0.1) is 0 Å². The molecule has 0 radical (unpaired) electrons. The third-order valence-corrected chi connectivity index (χ3v) is 5.67. The normalized spacial score (nSPS) is 15.0. The maximum atomic E-state index is 13.1. The van der Waals surface area contributed by atoms with Crippen LogP contribution in [0.15, 0.2) is 47.1 Å². The molecule has 1 aliphatic heterocycles. The Kier molecular flexibility index (Phi) is 7.06. The van der Waals surface area contributed by atoms with Gasteiger partial charge in [-0.2, -0.15) is 10.1 Å². The smallest absolute Gasteiger partial charge is 0.280 e. The molecule has 158 valence electrons. The van der Waals surface area contributed by atoms with Crippen LogP contribution in [-0.2, 0) is 4.79 Å². The number of amides is 1. The van der Waals surface area contributed by atoms with Crippen molar-refractivity contribution >= 4 is 52.3 Å². The number of rotatable bonds is 7. The lowest BCUT2D eigenvalue weighted by molar-refractivity contribution is -0.114. The number of ether oxygens (including phenoxy) is 1. The maximum Gasteiger partial charge on any atom is 0.280 e. The monoisotopic (exact) mass is 445 g/mol. The number of hydrogen-bond donors (Lipinski definition) is 0. The highest BCUT2D eigenvalue weighted by atomic mass is 35.5. The molecule has 3 rings (SSSR count). The Morgan fingerprint density at radius 1 is 1.07 bits per heavy atom. The third kappa shape index (κ3) is 4.47. The fraction of sp³-hybridized carbons (Fsp3) is 0.304. The number of nitrogens with zero attached hydrogens (tertiary/aromatic N) is 3. The molecule has 0 spiro atoms. The van der Waals surface area contributed by atoms with Gasteiger partial charge in [-0.15, -0.1) is 0 Å². The number of carbonyl (C=O) groups is 1. The van der Waals surface area contributed by atoms with Gasteiger partial charge in [-0.1, -0.05) is 23.2 Å². The van der Waals surface area contributed by atoms with E-state index in [1.807, 2.05) is 38.1 Å². The minimum atomic E-state index is -0.221. The van der Waals surface area contributed by atoms with Crippen LogP contribution in [-0.4, -0.2) is 31.3 Å². The van der Waals surface area contributed by atoms with E-state index in [1.54, 1.807) is 18.2 Å². The van der Waals surface area contributed by atoms with Crippen LogP contribution < -0.4 is 14.6 Å². The highest BCUT2D eigenvalue weighted by Gasteiger charge is 2.29. The van der Waals surface area contributed by atoms with Crippen LogP contribution in [0.25, 0.3) is 6.08 Å². The molecule has 0 bridgehead atoms. The summed E-state index contributed by atoms with van der Waals surface area (Å²) in [5, 5.41) is 6.56. The van der Waals surface area contributed by atoms with Gasteiger partial charge in [0.15, 0.2) is 0 Å². The average molecular weight is 446 g/mol. The van der Waals surface area contributed by atoms with Crippen molar-refractivity contribution in [2.75, 3.05) is 29.6 Å². The molecule has 0 atom stereocenters. The molecule has 1 aliphatic rings. The molecule has 0 N–H and O–H groups in total. The van der Waals surface area contributed by atoms with Gasteiger partial charge in [0.1, 0.15) is 5.75 Å². The highest BCUT2D eigenvalue weighted by Crippen LogP contribution is 2.33. The van der Waals surface area contributed by atoms with Crippen molar-refractivity contribution in [3.05, 3.63) is 57.6 Å². The van der Waals surface area contributed by atoms with Crippen molar-refractivity contribution in [3.63, 3.8) is 0 Å². The summed E-state index contributed by atoms with van der Waals surface area (Å²) in [4.78, 5) is 15.3. The number of anilines is 2. The fourth-order valence-corrected chi connectivity index (χ4v) is 3.63. The quantitative estimate of drug-likeness (QED) is 0.487. The predicted octanol–water partition coefficient (Wildman–Crippen LogP) is 6.04. The predicted molar refractivity (Wildman–Crippen MR) is 126 cm³/mol. The first-order valence-corrected chi connectivity index (χ1v) is 10.7. The standard InChI is InChI=1S/C23H25Cl2N3O2/c1-5-27(6-2)17-9-8-16(22(14-17)30-7-3)12-19-15(4)26-28(23(19)29)18-10-11-20(24)21(25)13-18/h8-14H,5-7H2,1-4H3. The molecule has 0 aliphatic carbocycles. The van der Waals surface area contributed by atoms with Gasteiger partial charge >= 0.3 is 0 Å². The second-order valence-corrected chi connectivity index (χ2v) is 7.60. The summed E-state index contributed by atoms with van der Waals surface area (Å²) in [5.74, 6) is 0.518. The number of hydrazone groups is 1. The summed E-state index contributed by atoms with van der Waals surface area (Å²) < 4.78 is 5.87. The molecule has 2 aromatic rings. The summed E-state index contributed by atoms with van der Waals surface area (Å²) >= 11 is 12.1. The molecular weight excluding hydrogens is 421 g/mol. The topological polar surface area (TPSA) is 45.1 Å². The Balaban J connectivity index is 1.97. The maximum absolute atomic E-state index is 13.1. The minimum Gasteiger partial charge on any atom is -0.493 e. The van der Waals surface area contributed by atoms with E-state index in [2.05, 4.69) is 23.8 Å². The number of carbonyl (C=O) groups excluding carboxylic acids is 1. The second-order valence-electron chi connectivity index (χ2n) is 6.79. The molecule has 5 nitrogen and oxygen atoms in total. The first-order valence-electron chi connectivity index (χ1n) is 9.98. The zero-order chi connectivity index (χ0) is 21.8. The van der Waals surface area contributed by atoms with Gasteiger partial charge < -0.3 is 9.64 Å². The van der Waals surface area contributed by atoms with E-state index in [1.165, 1.54) is 5.01 Å². The van der Waals surface area contributed by atoms with Gasteiger partial charge in [0.25, 0.3) is 5.91 Å². The van der Waals surface area contributed by atoms with Crippen LogP contribution in [0.4, 0.5) is 11.4 Å². The number of halogens is 2. The highest BCUT2D eigenvalue weighted by molar-refractivity contribution is 6.42. The van der Waals surface area contributed by atoms with Crippen molar-refractivity contribution in [1.29, 1.82) is 0 Å². The molecule has 0 unspecified atom stereocenters. The van der Waals surface area contributed by atoms with Crippen molar-refractivity contribution in [3.8, 4) is 5.75 Å². The van der Waals surface area contributed by atoms with E-state index in [-0.39, 0.29) is 5.91 Å². The van der Waals surface area contributed by atoms with Crippen LogP contribution in [0.5, 0.6) is 5.75 Å². The van der Waals surface area contributed by atoms with E-state index < -0.39 is 0 Å². The van der Waals surface area contributed by atoms with Gasteiger partial charge in [-0.3, -0.25) is 4.79 Å². The number of hydrogen-bond acceptors (Lipinski definition) is 4. The lowest BCUT2D eigenvalue weighted by Crippen LogP contribution is -2.22. The molecule has 1 amide bonds. The summed E-state index contributed by atoms with van der Waals surface area (Å²) in [6, 6.07) is 11.0. The van der Waals surface area contributed by atoms with Gasteiger partial charge in [0.2, 0.25) is 0 Å². The lowest BCUT2D eigenvalue weighted by atomic mass is 10.1. The summed E-state index contributed by atoms with van der Waals surface area (Å²) in [6.07, 6.45) is 1.83. The summed E-state index contributed by atoms with van der Waals surface area (Å²) in [6.45, 7) is 10.3. The van der Waals surface area contributed by atoms with Crippen LogP contribution in [0.3, 0.4) is 0 Å². The zero-order valence-corrected chi connectivity index (χ0v) is 19.1. The molecule has 2 aromatic carbocycles. The first kappa shape index (κ1) is 22.2. The van der Waals surface area contributed by atoms with Crippen molar-refractivity contribution in [2.24, 2.45) is 5.10 Å². The van der Waals surface area contributed by atoms with E-state index in [0.717, 1.165) is 30.1 Å². The fourth-order valence-electron chi connectivity index (χ4n) is 3.34. The Morgan fingerprint density at radius 2 is 1.80 bits per heavy atom. The third-order valence-electron chi connectivity index (χ3n) is 4.94. The minimum absolute atomic E-state index is 0.221. The van der Waals surface area contributed by atoms with Crippen LogP contribution in [0.2, 0.25) is 10.0 Å². The molecule has 30 heavy (non-hydrogen) atoms. The molecule has 0 aromatic heterocycles. The molecule has 7 heteroatoms. The zero-order valence-electron chi connectivity index (χ0n) is 17.6. The molecule has 0 saturated heterocycles. The van der Waals surface area contributed by atoms with Gasteiger partial charge in [0.05, 0.1) is 33.6 Å². The van der Waals surface area contributed by atoms with E-state index in [4.69, 9.17) is 27.9 Å². The lowest BCUT2D eigenvalue weighted by Gasteiger charge is -2.22. The largest absolute Gasteiger partial charge is 0.493 e. The van der Waals surface area contributed by atoms with Gasteiger partial charge in [0, 0.05) is 30.4 Å².